The average Bonchev–Trinajstić information content (AvgIpc) is 2.72. The minimum absolute atomic E-state index is 0.0465. The Morgan fingerprint density at radius 1 is 0.828 bits per heavy atom. The summed E-state index contributed by atoms with van der Waals surface area (Å²) in [6.45, 7) is 0. The molecular formula is C21H16ClNO5S. The van der Waals surface area contributed by atoms with E-state index in [4.69, 9.17) is 16.7 Å². The standard InChI is InChI=1S/C21H16ClNO5S/c1-28-21(25)16-8-4-14(5-9-16)13-2-6-15(7-3-13)20(24)17-10-11-18(22)19(12-17)29(23,26)27/h2-12H,1H3,(H2,23,26,27). The highest BCUT2D eigenvalue weighted by Gasteiger charge is 2.17. The summed E-state index contributed by atoms with van der Waals surface area (Å²) >= 11 is 5.86. The lowest BCUT2D eigenvalue weighted by Gasteiger charge is -2.07. The van der Waals surface area contributed by atoms with E-state index in [1.165, 1.54) is 25.3 Å². The molecule has 0 fully saturated rings. The van der Waals surface area contributed by atoms with Crippen LogP contribution in [0.25, 0.3) is 11.1 Å². The first-order chi connectivity index (χ1) is 13.7. The van der Waals surface area contributed by atoms with E-state index in [1.807, 2.05) is 0 Å². The number of hydrogen-bond acceptors (Lipinski definition) is 5. The van der Waals surface area contributed by atoms with Crippen LogP contribution in [0, 0.1) is 0 Å². The molecule has 0 aliphatic rings. The number of carbonyl (C=O) groups is 2. The topological polar surface area (TPSA) is 104 Å². The Kier molecular flexibility index (Phi) is 5.83. The second-order valence-corrected chi connectivity index (χ2v) is 8.10. The molecule has 0 unspecified atom stereocenters. The van der Waals surface area contributed by atoms with Crippen molar-refractivity contribution in [1.29, 1.82) is 0 Å². The van der Waals surface area contributed by atoms with Gasteiger partial charge in [0.05, 0.1) is 17.7 Å². The van der Waals surface area contributed by atoms with E-state index in [-0.39, 0.29) is 21.3 Å². The average molecular weight is 430 g/mol. The molecule has 0 atom stereocenters. The Morgan fingerprint density at radius 2 is 1.31 bits per heavy atom. The monoisotopic (exact) mass is 429 g/mol. The van der Waals surface area contributed by atoms with Gasteiger partial charge in [-0.25, -0.2) is 18.4 Å². The summed E-state index contributed by atoms with van der Waals surface area (Å²) in [5.74, 6) is -0.779. The van der Waals surface area contributed by atoms with E-state index in [0.29, 0.717) is 11.1 Å². The molecule has 0 aliphatic carbocycles. The first-order valence-corrected chi connectivity index (χ1v) is 10.3. The lowest BCUT2D eigenvalue weighted by atomic mass is 9.99. The zero-order valence-corrected chi connectivity index (χ0v) is 16.8. The van der Waals surface area contributed by atoms with Crippen LogP contribution in [0.4, 0.5) is 0 Å². The lowest BCUT2D eigenvalue weighted by Crippen LogP contribution is -2.14. The van der Waals surface area contributed by atoms with Gasteiger partial charge in [0, 0.05) is 11.1 Å². The summed E-state index contributed by atoms with van der Waals surface area (Å²) in [6, 6.07) is 17.6. The minimum Gasteiger partial charge on any atom is -0.465 e. The number of rotatable bonds is 5. The van der Waals surface area contributed by atoms with Gasteiger partial charge in [-0.1, -0.05) is 48.0 Å². The summed E-state index contributed by atoms with van der Waals surface area (Å²) < 4.78 is 27.9. The van der Waals surface area contributed by atoms with Gasteiger partial charge in [-0.3, -0.25) is 4.79 Å². The molecule has 0 saturated heterocycles. The number of ether oxygens (including phenoxy) is 1. The Labute approximate surface area is 172 Å². The Balaban J connectivity index is 1.87. The van der Waals surface area contributed by atoms with Gasteiger partial charge < -0.3 is 4.74 Å². The number of primary sulfonamides is 1. The van der Waals surface area contributed by atoms with Crippen LogP contribution in [-0.2, 0) is 14.8 Å². The SMILES string of the molecule is COC(=O)c1ccc(-c2ccc(C(=O)c3ccc(Cl)c(S(N)(=O)=O)c3)cc2)cc1. The lowest BCUT2D eigenvalue weighted by molar-refractivity contribution is 0.0600. The number of benzene rings is 3. The minimum atomic E-state index is -4.04. The van der Waals surface area contributed by atoms with Crippen molar-refractivity contribution in [2.75, 3.05) is 7.11 Å². The third-order valence-corrected chi connectivity index (χ3v) is 5.68. The van der Waals surface area contributed by atoms with Gasteiger partial charge in [0.2, 0.25) is 10.0 Å². The van der Waals surface area contributed by atoms with E-state index in [2.05, 4.69) is 4.74 Å². The molecule has 3 aromatic carbocycles. The molecule has 0 amide bonds. The van der Waals surface area contributed by atoms with Gasteiger partial charge in [-0.15, -0.1) is 0 Å². The van der Waals surface area contributed by atoms with E-state index < -0.39 is 16.0 Å². The Bertz CT molecular complexity index is 1190. The number of carbonyl (C=O) groups excluding carboxylic acids is 2. The summed E-state index contributed by atoms with van der Waals surface area (Å²) in [4.78, 5) is 23.9. The number of methoxy groups -OCH3 is 1. The highest BCUT2D eigenvalue weighted by molar-refractivity contribution is 7.89. The molecule has 0 radical (unpaired) electrons. The number of ketones is 1. The van der Waals surface area contributed by atoms with Crippen LogP contribution in [0.1, 0.15) is 26.3 Å². The van der Waals surface area contributed by atoms with E-state index in [1.54, 1.807) is 48.5 Å². The van der Waals surface area contributed by atoms with Crippen molar-refractivity contribution in [2.45, 2.75) is 4.90 Å². The fourth-order valence-corrected chi connectivity index (χ4v) is 3.83. The number of sulfonamides is 1. The van der Waals surface area contributed by atoms with Crippen molar-refractivity contribution in [3.63, 3.8) is 0 Å². The predicted octanol–water partition coefficient (Wildman–Crippen LogP) is 3.67. The van der Waals surface area contributed by atoms with Crippen LogP contribution in [0.15, 0.2) is 71.6 Å². The second-order valence-electron chi connectivity index (χ2n) is 6.17. The van der Waals surface area contributed by atoms with E-state index in [0.717, 1.165) is 11.1 Å². The van der Waals surface area contributed by atoms with Crippen molar-refractivity contribution in [3.8, 4) is 11.1 Å². The van der Waals surface area contributed by atoms with Crippen molar-refractivity contribution >= 4 is 33.4 Å². The highest BCUT2D eigenvalue weighted by Crippen LogP contribution is 2.25. The third kappa shape index (κ3) is 4.54. The molecule has 6 nitrogen and oxygen atoms in total. The van der Waals surface area contributed by atoms with Crippen LogP contribution in [0.2, 0.25) is 5.02 Å². The zero-order chi connectivity index (χ0) is 21.2. The van der Waals surface area contributed by atoms with Gasteiger partial charge in [-0.2, -0.15) is 0 Å². The van der Waals surface area contributed by atoms with Gasteiger partial charge >= 0.3 is 5.97 Å². The molecule has 0 saturated carbocycles. The molecule has 2 N–H and O–H groups in total. The van der Waals surface area contributed by atoms with Crippen molar-refractivity contribution in [1.82, 2.24) is 0 Å². The quantitative estimate of drug-likeness (QED) is 0.492. The number of nitrogens with two attached hydrogens (primary N) is 1. The van der Waals surface area contributed by atoms with Crippen LogP contribution in [0.5, 0.6) is 0 Å². The maximum absolute atomic E-state index is 12.7. The van der Waals surface area contributed by atoms with Gasteiger partial charge in [-0.05, 0) is 41.5 Å². The third-order valence-electron chi connectivity index (χ3n) is 4.29. The second kappa shape index (κ2) is 8.16. The fraction of sp³-hybridized carbons (Fsp3) is 0.0476. The molecule has 0 aromatic heterocycles. The van der Waals surface area contributed by atoms with Crippen LogP contribution in [0.3, 0.4) is 0 Å². The molecule has 0 bridgehead atoms. The molecule has 0 spiro atoms. The zero-order valence-electron chi connectivity index (χ0n) is 15.3. The van der Waals surface area contributed by atoms with Crippen LogP contribution in [-0.4, -0.2) is 27.3 Å². The molecule has 3 rings (SSSR count). The summed E-state index contributed by atoms with van der Waals surface area (Å²) in [6.07, 6.45) is 0. The van der Waals surface area contributed by atoms with Crippen LogP contribution >= 0.6 is 11.6 Å². The predicted molar refractivity (Wildman–Crippen MR) is 109 cm³/mol. The van der Waals surface area contributed by atoms with Crippen molar-refractivity contribution < 1.29 is 22.7 Å². The maximum Gasteiger partial charge on any atom is 0.337 e. The summed E-state index contributed by atoms with van der Waals surface area (Å²) in [5.41, 5.74) is 2.69. The van der Waals surface area contributed by atoms with Gasteiger partial charge in [0.1, 0.15) is 4.90 Å². The molecule has 3 aromatic rings. The van der Waals surface area contributed by atoms with Gasteiger partial charge in [0.15, 0.2) is 5.78 Å². The maximum atomic E-state index is 12.7. The normalized spacial score (nSPS) is 11.1. The summed E-state index contributed by atoms with van der Waals surface area (Å²) in [5, 5.41) is 5.09. The van der Waals surface area contributed by atoms with Crippen molar-refractivity contribution in [3.05, 3.63) is 88.4 Å². The molecule has 29 heavy (non-hydrogen) atoms. The number of esters is 1. The van der Waals surface area contributed by atoms with Crippen molar-refractivity contribution in [2.24, 2.45) is 5.14 Å². The summed E-state index contributed by atoms with van der Waals surface area (Å²) in [7, 11) is -2.73. The molecular weight excluding hydrogens is 414 g/mol. The van der Waals surface area contributed by atoms with Gasteiger partial charge in [0.25, 0.3) is 0 Å². The Hall–Kier alpha value is -3.00. The van der Waals surface area contributed by atoms with E-state index in [9.17, 15) is 18.0 Å². The Morgan fingerprint density at radius 3 is 1.79 bits per heavy atom. The smallest absolute Gasteiger partial charge is 0.337 e. The number of halogens is 1. The first-order valence-electron chi connectivity index (χ1n) is 8.36. The highest BCUT2D eigenvalue weighted by atomic mass is 35.5. The number of hydrogen-bond donors (Lipinski definition) is 1. The fourth-order valence-electron chi connectivity index (χ4n) is 2.76. The molecule has 0 heterocycles. The largest absolute Gasteiger partial charge is 0.465 e. The first kappa shape index (κ1) is 20.7. The molecule has 0 aliphatic heterocycles. The van der Waals surface area contributed by atoms with E-state index >= 15 is 0 Å². The molecule has 8 heteroatoms. The van der Waals surface area contributed by atoms with Crippen LogP contribution < -0.4 is 5.14 Å². The molecule has 148 valence electrons.